The second-order valence-corrected chi connectivity index (χ2v) is 7.63. The molecule has 0 atom stereocenters. The number of amides is 1. The third kappa shape index (κ3) is 5.08. The molecule has 0 aliphatic rings. The number of rotatable bonds is 6. The highest BCUT2D eigenvalue weighted by atomic mass is 79.9. The third-order valence-electron chi connectivity index (χ3n) is 4.68. The normalized spacial score (nSPS) is 10.7. The van der Waals surface area contributed by atoms with Crippen LogP contribution in [-0.2, 0) is 0 Å². The molecule has 0 fully saturated rings. The average molecular weight is 470 g/mol. The van der Waals surface area contributed by atoms with Crippen LogP contribution in [0.25, 0.3) is 0 Å². The van der Waals surface area contributed by atoms with Gasteiger partial charge in [-0.05, 0) is 70.0 Å². The van der Waals surface area contributed by atoms with Crippen LogP contribution in [0.1, 0.15) is 15.9 Å². The number of nitrogens with zero attached hydrogens (tertiary/aromatic N) is 2. The Balaban J connectivity index is 1.52. The molecule has 0 saturated heterocycles. The molecule has 0 saturated carbocycles. The summed E-state index contributed by atoms with van der Waals surface area (Å²) in [5.41, 5.74) is 7.19. The summed E-state index contributed by atoms with van der Waals surface area (Å²) >= 11 is 3.38. The molecule has 0 heterocycles. The molecule has 4 nitrogen and oxygen atoms in total. The maximum Gasteiger partial charge on any atom is 0.272 e. The van der Waals surface area contributed by atoms with Crippen LogP contribution in [0.15, 0.2) is 119 Å². The Kier molecular flexibility index (Phi) is 6.55. The first kappa shape index (κ1) is 20.6. The van der Waals surface area contributed by atoms with Crippen LogP contribution in [0.5, 0.6) is 0 Å². The van der Waals surface area contributed by atoms with E-state index in [0.29, 0.717) is 5.56 Å². The lowest BCUT2D eigenvalue weighted by Crippen LogP contribution is -2.18. The number of para-hydroxylation sites is 2. The van der Waals surface area contributed by atoms with Crippen molar-refractivity contribution in [2.45, 2.75) is 0 Å². The van der Waals surface area contributed by atoms with Gasteiger partial charge in [0.25, 0.3) is 5.91 Å². The van der Waals surface area contributed by atoms with Gasteiger partial charge in [0.1, 0.15) is 0 Å². The first-order chi connectivity index (χ1) is 15.2. The Hall–Kier alpha value is -3.70. The molecule has 0 spiro atoms. The van der Waals surface area contributed by atoms with Crippen molar-refractivity contribution >= 4 is 45.1 Å². The molecule has 0 aromatic heterocycles. The maximum absolute atomic E-state index is 12.3. The molecule has 5 heteroatoms. The van der Waals surface area contributed by atoms with Crippen molar-refractivity contribution < 1.29 is 4.79 Å². The van der Waals surface area contributed by atoms with E-state index < -0.39 is 0 Å². The van der Waals surface area contributed by atoms with E-state index >= 15 is 0 Å². The summed E-state index contributed by atoms with van der Waals surface area (Å²) in [7, 11) is 0. The second-order valence-electron chi connectivity index (χ2n) is 6.78. The zero-order valence-corrected chi connectivity index (χ0v) is 18.2. The van der Waals surface area contributed by atoms with E-state index in [1.54, 1.807) is 12.3 Å². The molecule has 152 valence electrons. The van der Waals surface area contributed by atoms with Gasteiger partial charge in [-0.25, -0.2) is 5.43 Å². The van der Waals surface area contributed by atoms with Gasteiger partial charge in [-0.15, -0.1) is 0 Å². The van der Waals surface area contributed by atoms with Crippen LogP contribution < -0.4 is 10.3 Å². The maximum atomic E-state index is 12.3. The monoisotopic (exact) mass is 469 g/mol. The molecule has 0 bridgehead atoms. The third-order valence-corrected chi connectivity index (χ3v) is 5.37. The number of hydrogen-bond donors (Lipinski definition) is 1. The predicted octanol–water partition coefficient (Wildman–Crippen LogP) is 6.68. The van der Waals surface area contributed by atoms with Crippen LogP contribution in [0.4, 0.5) is 17.1 Å². The Morgan fingerprint density at radius 3 is 1.81 bits per heavy atom. The van der Waals surface area contributed by atoms with Gasteiger partial charge in [0, 0.05) is 21.5 Å². The zero-order chi connectivity index (χ0) is 21.5. The van der Waals surface area contributed by atoms with Crippen molar-refractivity contribution in [3.05, 3.63) is 125 Å². The summed E-state index contributed by atoms with van der Waals surface area (Å²) in [5.74, 6) is -0.264. The highest BCUT2D eigenvalue weighted by Gasteiger charge is 2.11. The number of hydrazone groups is 1. The molecule has 0 aliphatic heterocycles. The number of halogens is 1. The lowest BCUT2D eigenvalue weighted by atomic mass is 10.1. The fourth-order valence-electron chi connectivity index (χ4n) is 3.18. The van der Waals surface area contributed by atoms with Gasteiger partial charge >= 0.3 is 0 Å². The summed E-state index contributed by atoms with van der Waals surface area (Å²) in [5, 5.41) is 4.09. The van der Waals surface area contributed by atoms with Crippen molar-refractivity contribution in [2.24, 2.45) is 5.10 Å². The van der Waals surface area contributed by atoms with Crippen molar-refractivity contribution in [2.75, 3.05) is 4.90 Å². The highest BCUT2D eigenvalue weighted by molar-refractivity contribution is 9.10. The summed E-state index contributed by atoms with van der Waals surface area (Å²) < 4.78 is 0.731. The summed E-state index contributed by atoms with van der Waals surface area (Å²) in [6.45, 7) is 0. The zero-order valence-electron chi connectivity index (χ0n) is 16.7. The molecule has 4 aromatic carbocycles. The molecule has 0 aliphatic carbocycles. The molecule has 1 N–H and O–H groups in total. The van der Waals surface area contributed by atoms with E-state index in [2.05, 4.69) is 55.6 Å². The van der Waals surface area contributed by atoms with Crippen molar-refractivity contribution in [1.82, 2.24) is 5.43 Å². The van der Waals surface area contributed by atoms with Crippen molar-refractivity contribution in [1.29, 1.82) is 0 Å². The fourth-order valence-corrected chi connectivity index (χ4v) is 3.65. The minimum absolute atomic E-state index is 0.264. The topological polar surface area (TPSA) is 44.7 Å². The fraction of sp³-hybridized carbons (Fsp3) is 0. The molecule has 1 amide bonds. The lowest BCUT2D eigenvalue weighted by Gasteiger charge is -2.25. The lowest BCUT2D eigenvalue weighted by molar-refractivity contribution is 0.0954. The summed E-state index contributed by atoms with van der Waals surface area (Å²) in [4.78, 5) is 14.4. The highest BCUT2D eigenvalue weighted by Crippen LogP contribution is 2.33. The minimum atomic E-state index is -0.264. The number of benzene rings is 4. The SMILES string of the molecule is O=C(NN=Cc1ccc(N(c2ccccc2)c2ccccc2)cc1)c1ccccc1Br. The quantitative estimate of drug-likeness (QED) is 0.252. The van der Waals surface area contributed by atoms with Crippen molar-refractivity contribution in [3.63, 3.8) is 0 Å². The van der Waals surface area contributed by atoms with Gasteiger partial charge in [0.15, 0.2) is 0 Å². The number of anilines is 3. The molecule has 0 radical (unpaired) electrons. The van der Waals surface area contributed by atoms with Gasteiger partial charge in [-0.1, -0.05) is 60.7 Å². The van der Waals surface area contributed by atoms with Crippen LogP contribution in [0.3, 0.4) is 0 Å². The van der Waals surface area contributed by atoms with Crippen LogP contribution in [-0.4, -0.2) is 12.1 Å². The van der Waals surface area contributed by atoms with Crippen LogP contribution in [0.2, 0.25) is 0 Å². The Morgan fingerprint density at radius 2 is 1.23 bits per heavy atom. The summed E-state index contributed by atoms with van der Waals surface area (Å²) in [6.07, 6.45) is 1.63. The van der Waals surface area contributed by atoms with E-state index in [9.17, 15) is 4.79 Å². The Morgan fingerprint density at radius 1 is 0.710 bits per heavy atom. The Labute approximate surface area is 190 Å². The summed E-state index contributed by atoms with van der Waals surface area (Å²) in [6, 6.07) is 35.7. The smallest absolute Gasteiger partial charge is 0.272 e. The van der Waals surface area contributed by atoms with Gasteiger partial charge in [0.2, 0.25) is 0 Å². The first-order valence-corrected chi connectivity index (χ1v) is 10.6. The van der Waals surface area contributed by atoms with E-state index in [0.717, 1.165) is 27.1 Å². The Bertz CT molecular complexity index is 1140. The van der Waals surface area contributed by atoms with Gasteiger partial charge < -0.3 is 4.90 Å². The van der Waals surface area contributed by atoms with E-state index in [1.165, 1.54) is 0 Å². The molecule has 4 rings (SSSR count). The largest absolute Gasteiger partial charge is 0.311 e. The molecule has 4 aromatic rings. The minimum Gasteiger partial charge on any atom is -0.311 e. The second kappa shape index (κ2) is 9.87. The predicted molar refractivity (Wildman–Crippen MR) is 130 cm³/mol. The average Bonchev–Trinajstić information content (AvgIpc) is 2.82. The number of hydrogen-bond acceptors (Lipinski definition) is 3. The van der Waals surface area contributed by atoms with E-state index in [4.69, 9.17) is 0 Å². The number of carbonyl (C=O) groups excluding carboxylic acids is 1. The molecular formula is C26H20BrN3O. The van der Waals surface area contributed by atoms with Crippen LogP contribution in [0, 0.1) is 0 Å². The van der Waals surface area contributed by atoms with Crippen LogP contribution >= 0.6 is 15.9 Å². The van der Waals surface area contributed by atoms with Crippen molar-refractivity contribution in [3.8, 4) is 0 Å². The molecular weight excluding hydrogens is 450 g/mol. The van der Waals surface area contributed by atoms with Gasteiger partial charge in [-0.3, -0.25) is 4.79 Å². The number of nitrogens with one attached hydrogen (secondary N) is 1. The van der Waals surface area contributed by atoms with Gasteiger partial charge in [0.05, 0.1) is 11.8 Å². The first-order valence-electron chi connectivity index (χ1n) is 9.80. The van der Waals surface area contributed by atoms with Gasteiger partial charge in [-0.2, -0.15) is 5.10 Å². The van der Waals surface area contributed by atoms with E-state index in [-0.39, 0.29) is 5.91 Å². The standard InChI is InChI=1S/C26H20BrN3O/c27-25-14-8-7-13-24(25)26(31)29-28-19-20-15-17-23(18-16-20)30(21-9-3-1-4-10-21)22-11-5-2-6-12-22/h1-19H,(H,29,31). The molecule has 0 unspecified atom stereocenters. The van der Waals surface area contributed by atoms with E-state index in [1.807, 2.05) is 78.9 Å². The number of carbonyl (C=O) groups is 1. The molecule has 31 heavy (non-hydrogen) atoms.